The second-order valence-corrected chi connectivity index (χ2v) is 7.38. The summed E-state index contributed by atoms with van der Waals surface area (Å²) in [4.78, 5) is 12.7. The molecule has 2 aromatic carbocycles. The van der Waals surface area contributed by atoms with Crippen LogP contribution in [-0.2, 0) is 0 Å². The molecule has 0 aliphatic heterocycles. The molecule has 150 valence electrons. The number of nitrogens with one attached hydrogen (secondary N) is 1. The Kier molecular flexibility index (Phi) is 9.87. The van der Waals surface area contributed by atoms with Gasteiger partial charge in [0.1, 0.15) is 0 Å². The number of hydrazone groups is 1. The van der Waals surface area contributed by atoms with Crippen molar-refractivity contribution in [2.45, 2.75) is 45.4 Å². The van der Waals surface area contributed by atoms with Crippen molar-refractivity contribution in [3.63, 3.8) is 0 Å². The fourth-order valence-electron chi connectivity index (χ4n) is 2.69. The van der Waals surface area contributed by atoms with Gasteiger partial charge in [0.25, 0.3) is 0 Å². The van der Waals surface area contributed by atoms with E-state index in [1.165, 1.54) is 30.7 Å². The van der Waals surface area contributed by atoms with E-state index < -0.39 is 0 Å². The van der Waals surface area contributed by atoms with Gasteiger partial charge in [0.15, 0.2) is 0 Å². The first kappa shape index (κ1) is 22.3. The summed E-state index contributed by atoms with van der Waals surface area (Å²) in [5.41, 5.74) is 1.46. The van der Waals surface area contributed by atoms with Crippen LogP contribution in [0.2, 0.25) is 10.0 Å². The van der Waals surface area contributed by atoms with Gasteiger partial charge in [-0.05, 0) is 30.2 Å². The van der Waals surface area contributed by atoms with Gasteiger partial charge in [-0.3, -0.25) is 0 Å². The van der Waals surface area contributed by atoms with Crippen LogP contribution in [0.4, 0.5) is 10.5 Å². The van der Waals surface area contributed by atoms with Gasteiger partial charge in [-0.2, -0.15) is 10.1 Å². The molecule has 1 N–H and O–H groups in total. The molecule has 0 saturated carbocycles. The number of rotatable bonds is 10. The van der Waals surface area contributed by atoms with Crippen molar-refractivity contribution in [3.05, 3.63) is 64.1 Å². The molecule has 28 heavy (non-hydrogen) atoms. The largest absolute Gasteiger partial charge is 0.342 e. The van der Waals surface area contributed by atoms with Crippen LogP contribution >= 0.6 is 23.2 Å². The Morgan fingerprint density at radius 1 is 1.00 bits per heavy atom. The smallest absolute Gasteiger partial charge is 0.336 e. The van der Waals surface area contributed by atoms with Gasteiger partial charge < -0.3 is 5.32 Å². The minimum Gasteiger partial charge on any atom is -0.336 e. The summed E-state index contributed by atoms with van der Waals surface area (Å²) in [6.45, 7) is 2.82. The number of anilines is 1. The van der Waals surface area contributed by atoms with Crippen molar-refractivity contribution in [3.8, 4) is 0 Å². The van der Waals surface area contributed by atoms with E-state index in [0.29, 0.717) is 22.3 Å². The molecule has 2 amide bonds. The van der Waals surface area contributed by atoms with E-state index >= 15 is 0 Å². The van der Waals surface area contributed by atoms with Crippen LogP contribution in [0.25, 0.3) is 0 Å². The predicted octanol–water partition coefficient (Wildman–Crippen LogP) is 6.90. The number of unbranched alkanes of at least 4 members (excludes halogenated alkanes) is 5. The van der Waals surface area contributed by atoms with E-state index in [2.05, 4.69) is 17.3 Å². The number of urea groups is 1. The van der Waals surface area contributed by atoms with Crippen LogP contribution in [0.5, 0.6) is 0 Å². The molecular formula is C22H27Cl2N3O. The second-order valence-electron chi connectivity index (χ2n) is 6.57. The summed E-state index contributed by atoms with van der Waals surface area (Å²) in [7, 11) is 0. The molecule has 0 aromatic heterocycles. The first-order valence-electron chi connectivity index (χ1n) is 9.74. The fourth-order valence-corrected chi connectivity index (χ4v) is 2.98. The zero-order valence-electron chi connectivity index (χ0n) is 16.2. The van der Waals surface area contributed by atoms with E-state index in [4.69, 9.17) is 23.2 Å². The van der Waals surface area contributed by atoms with Crippen molar-refractivity contribution >= 4 is 41.1 Å². The van der Waals surface area contributed by atoms with Crippen LogP contribution < -0.4 is 10.3 Å². The summed E-state index contributed by atoms with van der Waals surface area (Å²) in [5.74, 6) is 0. The van der Waals surface area contributed by atoms with Gasteiger partial charge in [0, 0.05) is 6.54 Å². The van der Waals surface area contributed by atoms with E-state index in [1.54, 1.807) is 24.4 Å². The highest BCUT2D eigenvalue weighted by molar-refractivity contribution is 6.42. The van der Waals surface area contributed by atoms with E-state index in [-0.39, 0.29) is 6.03 Å². The normalized spacial score (nSPS) is 11.0. The Labute approximate surface area is 177 Å². The molecule has 0 unspecified atom stereocenters. The van der Waals surface area contributed by atoms with Gasteiger partial charge >= 0.3 is 6.03 Å². The number of nitrogens with zero attached hydrogens (tertiary/aromatic N) is 2. The van der Waals surface area contributed by atoms with Crippen LogP contribution in [-0.4, -0.2) is 18.8 Å². The van der Waals surface area contributed by atoms with Gasteiger partial charge in [-0.25, -0.2) is 4.79 Å². The number of hydrogen-bond acceptors (Lipinski definition) is 2. The quantitative estimate of drug-likeness (QED) is 0.254. The molecule has 2 aromatic rings. The van der Waals surface area contributed by atoms with Gasteiger partial charge in [0.05, 0.1) is 21.9 Å². The Balaban J connectivity index is 2.02. The fraction of sp³-hybridized carbons (Fsp3) is 0.364. The van der Waals surface area contributed by atoms with Gasteiger partial charge in [-0.15, -0.1) is 0 Å². The number of carbonyl (C=O) groups excluding carboxylic acids is 1. The van der Waals surface area contributed by atoms with E-state index in [9.17, 15) is 4.79 Å². The van der Waals surface area contributed by atoms with Crippen molar-refractivity contribution in [1.29, 1.82) is 0 Å². The molecule has 4 nitrogen and oxygen atoms in total. The third-order valence-electron chi connectivity index (χ3n) is 4.27. The van der Waals surface area contributed by atoms with E-state index in [1.807, 2.05) is 30.3 Å². The lowest BCUT2D eigenvalue weighted by molar-refractivity contribution is 0.246. The molecule has 0 heterocycles. The zero-order chi connectivity index (χ0) is 20.2. The lowest BCUT2D eigenvalue weighted by Crippen LogP contribution is -2.37. The predicted molar refractivity (Wildman–Crippen MR) is 120 cm³/mol. The Hall–Kier alpha value is -2.04. The monoisotopic (exact) mass is 419 g/mol. The number of benzene rings is 2. The van der Waals surface area contributed by atoms with Crippen molar-refractivity contribution < 1.29 is 4.79 Å². The summed E-state index contributed by atoms with van der Waals surface area (Å²) in [6.07, 6.45) is 8.66. The second kappa shape index (κ2) is 12.4. The van der Waals surface area contributed by atoms with Gasteiger partial charge in [-0.1, -0.05) is 92.6 Å². The lowest BCUT2D eigenvalue weighted by Gasteiger charge is -2.18. The van der Waals surface area contributed by atoms with Crippen molar-refractivity contribution in [2.24, 2.45) is 5.10 Å². The van der Waals surface area contributed by atoms with Crippen LogP contribution in [0, 0.1) is 0 Å². The molecule has 0 spiro atoms. The Bertz CT molecular complexity index is 766. The minimum atomic E-state index is -0.292. The Morgan fingerprint density at radius 2 is 1.71 bits per heavy atom. The van der Waals surface area contributed by atoms with Crippen LogP contribution in [0.1, 0.15) is 51.0 Å². The average molecular weight is 420 g/mol. The molecule has 0 aliphatic carbocycles. The minimum absolute atomic E-state index is 0.292. The highest BCUT2D eigenvalue weighted by atomic mass is 35.5. The third-order valence-corrected chi connectivity index (χ3v) is 5.01. The van der Waals surface area contributed by atoms with Crippen molar-refractivity contribution in [2.75, 3.05) is 11.6 Å². The van der Waals surface area contributed by atoms with Crippen molar-refractivity contribution in [1.82, 2.24) is 5.32 Å². The van der Waals surface area contributed by atoms with E-state index in [0.717, 1.165) is 18.4 Å². The number of hydrogen-bond donors (Lipinski definition) is 1. The first-order valence-corrected chi connectivity index (χ1v) is 10.5. The van der Waals surface area contributed by atoms with Crippen LogP contribution in [0.15, 0.2) is 53.6 Å². The molecule has 0 atom stereocenters. The number of halogens is 2. The highest BCUT2D eigenvalue weighted by Crippen LogP contribution is 2.27. The molecule has 0 bridgehead atoms. The molecule has 0 fully saturated rings. The summed E-state index contributed by atoms with van der Waals surface area (Å²) in [5, 5.41) is 9.43. The summed E-state index contributed by atoms with van der Waals surface area (Å²) < 4.78 is 0. The molecule has 6 heteroatoms. The maximum atomic E-state index is 12.7. The number of amides is 2. The van der Waals surface area contributed by atoms with Gasteiger partial charge in [0.2, 0.25) is 0 Å². The summed E-state index contributed by atoms with van der Waals surface area (Å²) in [6, 6.07) is 14.3. The lowest BCUT2D eigenvalue weighted by atomic mass is 10.1. The molecule has 0 saturated heterocycles. The first-order chi connectivity index (χ1) is 13.6. The summed E-state index contributed by atoms with van der Waals surface area (Å²) >= 11 is 12.1. The maximum absolute atomic E-state index is 12.7. The zero-order valence-corrected chi connectivity index (χ0v) is 17.7. The molecule has 0 radical (unpaired) electrons. The topological polar surface area (TPSA) is 44.7 Å². The average Bonchev–Trinajstić information content (AvgIpc) is 2.71. The third kappa shape index (κ3) is 7.53. The molecular weight excluding hydrogens is 393 g/mol. The SMILES string of the molecule is CCCCCCCCNC(=O)N(/N=C/c1ccccc1)c1ccc(Cl)c(Cl)c1. The highest BCUT2D eigenvalue weighted by Gasteiger charge is 2.15. The molecule has 0 aliphatic rings. The van der Waals surface area contributed by atoms with Crippen LogP contribution in [0.3, 0.4) is 0 Å². The Morgan fingerprint density at radius 3 is 2.43 bits per heavy atom. The maximum Gasteiger partial charge on any atom is 0.342 e. The molecule has 2 rings (SSSR count). The number of carbonyl (C=O) groups is 1. The standard InChI is InChI=1S/C22H27Cl2N3O/c1-2-3-4-5-6-10-15-25-22(28)27(19-13-14-20(23)21(24)16-19)26-17-18-11-8-7-9-12-18/h7-9,11-14,16-17H,2-6,10,15H2,1H3,(H,25,28)/b26-17+.